The highest BCUT2D eigenvalue weighted by atomic mass is 19.1. The first kappa shape index (κ1) is 13.2. The summed E-state index contributed by atoms with van der Waals surface area (Å²) in [5.74, 6) is -1.43. The van der Waals surface area contributed by atoms with Gasteiger partial charge in [-0.15, -0.1) is 0 Å². The summed E-state index contributed by atoms with van der Waals surface area (Å²) in [6, 6.07) is 5.87. The topological polar surface area (TPSA) is 88.9 Å². The fourth-order valence-electron chi connectivity index (χ4n) is 2.14. The number of fused-ring (bicyclic) bond motifs is 1. The number of carbonyl (C=O) groups excluding carboxylic acids is 2. The van der Waals surface area contributed by atoms with Crippen molar-refractivity contribution in [2.45, 2.75) is 13.0 Å². The van der Waals surface area contributed by atoms with E-state index in [1.807, 2.05) is 0 Å². The predicted molar refractivity (Wildman–Crippen MR) is 71.8 cm³/mol. The van der Waals surface area contributed by atoms with Crippen molar-refractivity contribution in [1.82, 2.24) is 14.8 Å². The molecule has 21 heavy (non-hydrogen) atoms. The van der Waals surface area contributed by atoms with Gasteiger partial charge in [0.2, 0.25) is 17.8 Å². The van der Waals surface area contributed by atoms with Crippen LogP contribution in [0.15, 0.2) is 30.6 Å². The summed E-state index contributed by atoms with van der Waals surface area (Å²) in [4.78, 5) is 27.7. The van der Waals surface area contributed by atoms with Gasteiger partial charge < -0.3 is 5.32 Å². The van der Waals surface area contributed by atoms with Crippen molar-refractivity contribution in [3.05, 3.63) is 36.4 Å². The minimum Gasteiger partial charge on any atom is -0.324 e. The Kier molecular flexibility index (Phi) is 3.35. The third-order valence-electron chi connectivity index (χ3n) is 3.19. The molecule has 1 aromatic carbocycles. The molecule has 3 rings (SSSR count). The molecular weight excluding hydrogens is 277 g/mol. The van der Waals surface area contributed by atoms with Gasteiger partial charge in [-0.05, 0) is 12.1 Å². The Hall–Kier alpha value is -2.77. The van der Waals surface area contributed by atoms with Crippen molar-refractivity contribution in [2.75, 3.05) is 10.6 Å². The third-order valence-corrected chi connectivity index (χ3v) is 3.19. The molecule has 2 amide bonds. The van der Waals surface area contributed by atoms with E-state index in [-0.39, 0.29) is 24.6 Å². The minimum atomic E-state index is -0.564. The number of nitrogens with zero attached hydrogens (tertiary/aromatic N) is 3. The molecule has 0 aliphatic carbocycles. The van der Waals surface area contributed by atoms with Crippen LogP contribution in [0.2, 0.25) is 0 Å². The standard InChI is InChI=1S/C13H12FN5O2/c14-9-3-1-2-4-10(9)17-11(20)5-8-6-19-13(15-7-16-19)18-12(8)21/h1-4,7-8H,5-6H2,(H,17,20)(H,15,16,18,21). The molecule has 1 aliphatic heterocycles. The second kappa shape index (κ2) is 5.31. The van der Waals surface area contributed by atoms with Crippen molar-refractivity contribution in [3.8, 4) is 0 Å². The van der Waals surface area contributed by atoms with Gasteiger partial charge in [0.25, 0.3) is 0 Å². The smallest absolute Gasteiger partial charge is 0.232 e. The van der Waals surface area contributed by atoms with E-state index in [2.05, 4.69) is 20.7 Å². The lowest BCUT2D eigenvalue weighted by molar-refractivity contribution is -0.126. The number of amides is 2. The molecule has 0 saturated heterocycles. The average molecular weight is 289 g/mol. The van der Waals surface area contributed by atoms with Gasteiger partial charge in [-0.2, -0.15) is 10.1 Å². The lowest BCUT2D eigenvalue weighted by atomic mass is 10.0. The Bertz CT molecular complexity index is 699. The number of para-hydroxylation sites is 1. The third kappa shape index (κ3) is 2.73. The van der Waals surface area contributed by atoms with Gasteiger partial charge in [0.1, 0.15) is 12.1 Å². The van der Waals surface area contributed by atoms with Crippen molar-refractivity contribution in [1.29, 1.82) is 0 Å². The number of carbonyl (C=O) groups is 2. The normalized spacial score (nSPS) is 17.0. The van der Waals surface area contributed by atoms with Crippen LogP contribution in [0.3, 0.4) is 0 Å². The molecule has 0 radical (unpaired) electrons. The molecule has 0 fully saturated rings. The summed E-state index contributed by atoms with van der Waals surface area (Å²) >= 11 is 0. The average Bonchev–Trinajstić information content (AvgIpc) is 2.89. The second-order valence-electron chi connectivity index (χ2n) is 4.68. The van der Waals surface area contributed by atoms with Gasteiger partial charge in [-0.1, -0.05) is 12.1 Å². The van der Waals surface area contributed by atoms with Crippen LogP contribution < -0.4 is 10.6 Å². The highest BCUT2D eigenvalue weighted by molar-refractivity contribution is 5.98. The Labute approximate surface area is 119 Å². The van der Waals surface area contributed by atoms with Crippen LogP contribution in [-0.4, -0.2) is 26.6 Å². The van der Waals surface area contributed by atoms with Crippen LogP contribution >= 0.6 is 0 Å². The van der Waals surface area contributed by atoms with Crippen LogP contribution in [0.5, 0.6) is 0 Å². The van der Waals surface area contributed by atoms with E-state index in [1.54, 1.807) is 6.07 Å². The van der Waals surface area contributed by atoms with Crippen LogP contribution in [-0.2, 0) is 16.1 Å². The highest BCUT2D eigenvalue weighted by Crippen LogP contribution is 2.19. The number of halogens is 1. The Morgan fingerprint density at radius 3 is 3.10 bits per heavy atom. The molecule has 0 bridgehead atoms. The van der Waals surface area contributed by atoms with Gasteiger partial charge >= 0.3 is 0 Å². The maximum Gasteiger partial charge on any atom is 0.232 e. The first-order valence-corrected chi connectivity index (χ1v) is 6.36. The van der Waals surface area contributed by atoms with E-state index in [0.29, 0.717) is 5.95 Å². The summed E-state index contributed by atoms with van der Waals surface area (Å²) in [5, 5.41) is 8.97. The molecule has 2 N–H and O–H groups in total. The lowest BCUT2D eigenvalue weighted by Gasteiger charge is -2.21. The summed E-state index contributed by atoms with van der Waals surface area (Å²) in [6.07, 6.45) is 1.27. The molecule has 8 heteroatoms. The maximum atomic E-state index is 13.4. The van der Waals surface area contributed by atoms with Crippen LogP contribution in [0.1, 0.15) is 6.42 Å². The van der Waals surface area contributed by atoms with Crippen molar-refractivity contribution in [3.63, 3.8) is 0 Å². The number of nitrogens with one attached hydrogen (secondary N) is 2. The van der Waals surface area contributed by atoms with Crippen molar-refractivity contribution in [2.24, 2.45) is 5.92 Å². The van der Waals surface area contributed by atoms with E-state index in [4.69, 9.17) is 0 Å². The molecule has 108 valence electrons. The Morgan fingerprint density at radius 2 is 2.29 bits per heavy atom. The van der Waals surface area contributed by atoms with E-state index in [1.165, 1.54) is 29.2 Å². The number of hydrogen-bond donors (Lipinski definition) is 2. The summed E-state index contributed by atoms with van der Waals surface area (Å²) < 4.78 is 15.0. The number of anilines is 2. The molecule has 1 aliphatic rings. The first-order valence-electron chi connectivity index (χ1n) is 6.36. The quantitative estimate of drug-likeness (QED) is 0.882. The largest absolute Gasteiger partial charge is 0.324 e. The first-order chi connectivity index (χ1) is 10.1. The number of benzene rings is 1. The van der Waals surface area contributed by atoms with Crippen molar-refractivity contribution >= 4 is 23.5 Å². The number of rotatable bonds is 3. The zero-order valence-corrected chi connectivity index (χ0v) is 10.9. The Balaban J connectivity index is 1.66. The fraction of sp³-hybridized carbons (Fsp3) is 0.231. The van der Waals surface area contributed by atoms with Gasteiger partial charge in [0.05, 0.1) is 18.2 Å². The van der Waals surface area contributed by atoms with Gasteiger partial charge in [-0.25, -0.2) is 9.07 Å². The summed E-state index contributed by atoms with van der Waals surface area (Å²) in [7, 11) is 0. The van der Waals surface area contributed by atoms with Gasteiger partial charge in [-0.3, -0.25) is 14.9 Å². The number of hydrogen-bond acceptors (Lipinski definition) is 4. The van der Waals surface area contributed by atoms with E-state index in [9.17, 15) is 14.0 Å². The molecule has 1 aromatic heterocycles. The van der Waals surface area contributed by atoms with Crippen LogP contribution in [0.25, 0.3) is 0 Å². The van der Waals surface area contributed by atoms with Gasteiger partial charge in [0.15, 0.2) is 0 Å². The zero-order chi connectivity index (χ0) is 14.8. The molecule has 0 spiro atoms. The molecule has 2 heterocycles. The minimum absolute atomic E-state index is 0.0561. The maximum absolute atomic E-state index is 13.4. The van der Waals surface area contributed by atoms with Crippen LogP contribution in [0, 0.1) is 11.7 Å². The summed E-state index contributed by atoms with van der Waals surface area (Å²) in [6.45, 7) is 0.270. The molecule has 1 atom stereocenters. The zero-order valence-electron chi connectivity index (χ0n) is 10.9. The summed E-state index contributed by atoms with van der Waals surface area (Å²) in [5.41, 5.74) is 0.0974. The molecule has 7 nitrogen and oxygen atoms in total. The van der Waals surface area contributed by atoms with E-state index in [0.717, 1.165) is 0 Å². The van der Waals surface area contributed by atoms with E-state index >= 15 is 0 Å². The monoisotopic (exact) mass is 289 g/mol. The predicted octanol–water partition coefficient (Wildman–Crippen LogP) is 1.01. The highest BCUT2D eigenvalue weighted by Gasteiger charge is 2.29. The van der Waals surface area contributed by atoms with Crippen LogP contribution in [0.4, 0.5) is 16.0 Å². The SMILES string of the molecule is O=C(CC1Cn2ncnc2NC1=O)Nc1ccccc1F. The molecule has 1 unspecified atom stereocenters. The second-order valence-corrected chi connectivity index (χ2v) is 4.68. The fourth-order valence-corrected chi connectivity index (χ4v) is 2.14. The molecular formula is C13H12FN5O2. The number of aromatic nitrogens is 3. The molecule has 2 aromatic rings. The van der Waals surface area contributed by atoms with Crippen molar-refractivity contribution < 1.29 is 14.0 Å². The van der Waals surface area contributed by atoms with E-state index < -0.39 is 17.6 Å². The lowest BCUT2D eigenvalue weighted by Crippen LogP contribution is -2.36. The Morgan fingerprint density at radius 1 is 1.48 bits per heavy atom. The van der Waals surface area contributed by atoms with Gasteiger partial charge in [0, 0.05) is 6.42 Å². The molecule has 0 saturated carbocycles.